The first-order valence-corrected chi connectivity index (χ1v) is 9.32. The van der Waals surface area contributed by atoms with Gasteiger partial charge in [-0.25, -0.2) is 8.42 Å². The van der Waals surface area contributed by atoms with Gasteiger partial charge >= 0.3 is 5.97 Å². The Morgan fingerprint density at radius 2 is 1.83 bits per heavy atom. The van der Waals surface area contributed by atoms with Crippen molar-refractivity contribution in [1.82, 2.24) is 9.62 Å². The standard InChI is InChI=1S/C16H22N2O5S/c1-11-6-7-13(15(19)17-12(2)16(20)21)10-14(11)24(22,23)18-8-4-3-5-9-18/h6-7,10,12H,3-5,8-9H2,1-2H3,(H,17,19)(H,20,21). The molecule has 0 spiro atoms. The summed E-state index contributed by atoms with van der Waals surface area (Å²) in [5, 5.41) is 11.2. The fourth-order valence-corrected chi connectivity index (χ4v) is 4.37. The molecule has 1 unspecified atom stereocenters. The highest BCUT2D eigenvalue weighted by molar-refractivity contribution is 7.89. The number of carboxylic acids is 1. The maximum absolute atomic E-state index is 12.8. The molecule has 1 amide bonds. The van der Waals surface area contributed by atoms with E-state index >= 15 is 0 Å². The van der Waals surface area contributed by atoms with E-state index in [1.54, 1.807) is 13.0 Å². The van der Waals surface area contributed by atoms with E-state index in [2.05, 4.69) is 5.32 Å². The van der Waals surface area contributed by atoms with Crippen molar-refractivity contribution in [2.45, 2.75) is 44.0 Å². The number of nitrogens with zero attached hydrogens (tertiary/aromatic N) is 1. The minimum Gasteiger partial charge on any atom is -0.480 e. The van der Waals surface area contributed by atoms with E-state index in [1.165, 1.54) is 23.4 Å². The Morgan fingerprint density at radius 1 is 1.21 bits per heavy atom. The van der Waals surface area contributed by atoms with E-state index < -0.39 is 27.9 Å². The molecule has 0 aliphatic carbocycles. The summed E-state index contributed by atoms with van der Waals surface area (Å²) in [4.78, 5) is 23.1. The Labute approximate surface area is 141 Å². The highest BCUT2D eigenvalue weighted by Crippen LogP contribution is 2.24. The third-order valence-corrected chi connectivity index (χ3v) is 6.14. The number of aryl methyl sites for hydroxylation is 1. The Hall–Kier alpha value is -1.93. The average molecular weight is 354 g/mol. The van der Waals surface area contributed by atoms with Crippen molar-refractivity contribution in [3.63, 3.8) is 0 Å². The molecule has 0 aromatic heterocycles. The van der Waals surface area contributed by atoms with Gasteiger partial charge in [0.1, 0.15) is 6.04 Å². The number of piperidine rings is 1. The van der Waals surface area contributed by atoms with Crippen molar-refractivity contribution in [2.75, 3.05) is 13.1 Å². The maximum Gasteiger partial charge on any atom is 0.325 e. The molecule has 1 saturated heterocycles. The number of carboxylic acid groups (broad SMARTS) is 1. The zero-order valence-corrected chi connectivity index (χ0v) is 14.6. The maximum atomic E-state index is 12.8. The number of hydrogen-bond donors (Lipinski definition) is 2. The molecule has 0 bridgehead atoms. The molecule has 1 aliphatic rings. The number of amides is 1. The number of carbonyl (C=O) groups excluding carboxylic acids is 1. The highest BCUT2D eigenvalue weighted by atomic mass is 32.2. The minimum atomic E-state index is -3.66. The van der Waals surface area contributed by atoms with Crippen LogP contribution in [0.3, 0.4) is 0 Å². The van der Waals surface area contributed by atoms with Crippen LogP contribution in [0.25, 0.3) is 0 Å². The lowest BCUT2D eigenvalue weighted by Gasteiger charge is -2.26. The lowest BCUT2D eigenvalue weighted by molar-refractivity contribution is -0.138. The average Bonchev–Trinajstić information content (AvgIpc) is 2.55. The van der Waals surface area contributed by atoms with Gasteiger partial charge in [-0.05, 0) is 44.4 Å². The topological polar surface area (TPSA) is 104 Å². The molecule has 8 heteroatoms. The fraction of sp³-hybridized carbons (Fsp3) is 0.500. The lowest BCUT2D eigenvalue weighted by atomic mass is 10.1. The summed E-state index contributed by atoms with van der Waals surface area (Å²) in [5.74, 6) is -1.77. The molecule has 2 rings (SSSR count). The first kappa shape index (κ1) is 18.4. The van der Waals surface area contributed by atoms with E-state index in [0.717, 1.165) is 19.3 Å². The van der Waals surface area contributed by atoms with Gasteiger partial charge in [0.15, 0.2) is 0 Å². The van der Waals surface area contributed by atoms with Crippen molar-refractivity contribution in [3.05, 3.63) is 29.3 Å². The van der Waals surface area contributed by atoms with Crippen LogP contribution in [0.1, 0.15) is 42.1 Å². The number of hydrogen-bond acceptors (Lipinski definition) is 4. The first-order valence-electron chi connectivity index (χ1n) is 7.88. The van der Waals surface area contributed by atoms with Crippen LogP contribution in [-0.4, -0.2) is 48.8 Å². The number of rotatable bonds is 5. The molecule has 132 valence electrons. The molecule has 1 aliphatic heterocycles. The number of nitrogens with one attached hydrogen (secondary N) is 1. The molecular formula is C16H22N2O5S. The number of sulfonamides is 1. The molecule has 7 nitrogen and oxygen atoms in total. The van der Waals surface area contributed by atoms with Gasteiger partial charge < -0.3 is 10.4 Å². The molecule has 1 aromatic rings. The van der Waals surface area contributed by atoms with E-state index in [0.29, 0.717) is 18.7 Å². The quantitative estimate of drug-likeness (QED) is 0.831. The second-order valence-electron chi connectivity index (χ2n) is 5.98. The van der Waals surface area contributed by atoms with Crippen LogP contribution >= 0.6 is 0 Å². The highest BCUT2D eigenvalue weighted by Gasteiger charge is 2.28. The first-order chi connectivity index (χ1) is 11.2. The molecule has 24 heavy (non-hydrogen) atoms. The number of carbonyl (C=O) groups is 2. The third-order valence-electron chi connectivity index (χ3n) is 4.10. The summed E-state index contributed by atoms with van der Waals surface area (Å²) in [6.45, 7) is 3.99. The zero-order valence-electron chi connectivity index (χ0n) is 13.8. The van der Waals surface area contributed by atoms with Crippen LogP contribution in [0.2, 0.25) is 0 Å². The van der Waals surface area contributed by atoms with Gasteiger partial charge in [0.2, 0.25) is 10.0 Å². The van der Waals surface area contributed by atoms with Crippen molar-refractivity contribution >= 4 is 21.9 Å². The van der Waals surface area contributed by atoms with E-state index in [4.69, 9.17) is 5.11 Å². The largest absolute Gasteiger partial charge is 0.480 e. The molecule has 0 saturated carbocycles. The third kappa shape index (κ3) is 3.93. The predicted molar refractivity (Wildman–Crippen MR) is 88.4 cm³/mol. The van der Waals surface area contributed by atoms with Gasteiger partial charge in [0, 0.05) is 18.7 Å². The van der Waals surface area contributed by atoms with Crippen LogP contribution < -0.4 is 5.32 Å². The van der Waals surface area contributed by atoms with Crippen LogP contribution in [0.15, 0.2) is 23.1 Å². The molecule has 1 atom stereocenters. The van der Waals surface area contributed by atoms with Crippen LogP contribution in [0.5, 0.6) is 0 Å². The van der Waals surface area contributed by atoms with E-state index in [9.17, 15) is 18.0 Å². The predicted octanol–water partition coefficient (Wildman–Crippen LogP) is 1.37. The normalized spacial score (nSPS) is 17.2. The van der Waals surface area contributed by atoms with Gasteiger partial charge in [-0.1, -0.05) is 12.5 Å². The fourth-order valence-electron chi connectivity index (χ4n) is 2.61. The van der Waals surface area contributed by atoms with Crippen molar-refractivity contribution in [1.29, 1.82) is 0 Å². The van der Waals surface area contributed by atoms with Crippen molar-refractivity contribution in [3.8, 4) is 0 Å². The summed E-state index contributed by atoms with van der Waals surface area (Å²) >= 11 is 0. The van der Waals surface area contributed by atoms with Gasteiger partial charge in [-0.3, -0.25) is 9.59 Å². The van der Waals surface area contributed by atoms with Gasteiger partial charge in [0.25, 0.3) is 5.91 Å². The number of aliphatic carboxylic acids is 1. The Kier molecular flexibility index (Phi) is 5.61. The minimum absolute atomic E-state index is 0.0972. The summed E-state index contributed by atoms with van der Waals surface area (Å²) < 4.78 is 27.1. The van der Waals surface area contributed by atoms with Gasteiger partial charge in [-0.15, -0.1) is 0 Å². The zero-order chi connectivity index (χ0) is 17.9. The molecule has 2 N–H and O–H groups in total. The summed E-state index contributed by atoms with van der Waals surface area (Å²) in [6, 6.07) is 3.33. The SMILES string of the molecule is Cc1ccc(C(=O)NC(C)C(=O)O)cc1S(=O)(=O)N1CCCCC1. The van der Waals surface area contributed by atoms with E-state index in [-0.39, 0.29) is 10.5 Å². The number of benzene rings is 1. The Bertz CT molecular complexity index is 739. The smallest absolute Gasteiger partial charge is 0.325 e. The molecule has 0 radical (unpaired) electrons. The van der Waals surface area contributed by atoms with Gasteiger partial charge in [0.05, 0.1) is 4.90 Å². The molecular weight excluding hydrogens is 332 g/mol. The molecule has 1 fully saturated rings. The Morgan fingerprint density at radius 3 is 2.42 bits per heavy atom. The molecule has 1 aromatic carbocycles. The van der Waals surface area contributed by atoms with Crippen LogP contribution in [0.4, 0.5) is 0 Å². The second kappa shape index (κ2) is 7.31. The van der Waals surface area contributed by atoms with Crippen molar-refractivity contribution in [2.24, 2.45) is 0 Å². The van der Waals surface area contributed by atoms with Crippen molar-refractivity contribution < 1.29 is 23.1 Å². The monoisotopic (exact) mass is 354 g/mol. The Balaban J connectivity index is 2.31. The van der Waals surface area contributed by atoms with Crippen LogP contribution in [0, 0.1) is 6.92 Å². The summed E-state index contributed by atoms with van der Waals surface area (Å²) in [6.07, 6.45) is 2.67. The lowest BCUT2D eigenvalue weighted by Crippen LogP contribution is -2.38. The second-order valence-corrected chi connectivity index (χ2v) is 7.88. The molecule has 1 heterocycles. The van der Waals surface area contributed by atoms with Crippen LogP contribution in [-0.2, 0) is 14.8 Å². The van der Waals surface area contributed by atoms with E-state index in [1.807, 2.05) is 0 Å². The summed E-state index contributed by atoms with van der Waals surface area (Å²) in [7, 11) is -3.66. The van der Waals surface area contributed by atoms with Gasteiger partial charge in [-0.2, -0.15) is 4.31 Å². The summed E-state index contributed by atoms with van der Waals surface area (Å²) in [5.41, 5.74) is 0.688.